The predicted octanol–water partition coefficient (Wildman–Crippen LogP) is 4.02. The van der Waals surface area contributed by atoms with E-state index in [0.717, 1.165) is 16.7 Å². The SMILES string of the molecule is CC(C)(C)c1cc(CNC(=O)c2ccccc2C(N)=O)cc(C(C)(C)C)c1O. The summed E-state index contributed by atoms with van der Waals surface area (Å²) in [6, 6.07) is 10.3. The number of amides is 2. The van der Waals surface area contributed by atoms with Crippen LogP contribution in [0.1, 0.15) is 78.9 Å². The van der Waals surface area contributed by atoms with E-state index in [4.69, 9.17) is 5.73 Å². The average molecular weight is 383 g/mol. The molecule has 0 heterocycles. The van der Waals surface area contributed by atoms with E-state index in [2.05, 4.69) is 5.32 Å². The number of aromatic hydroxyl groups is 1. The van der Waals surface area contributed by atoms with Gasteiger partial charge in [-0.05, 0) is 51.8 Å². The van der Waals surface area contributed by atoms with Crippen molar-refractivity contribution in [2.24, 2.45) is 5.73 Å². The molecule has 2 amide bonds. The highest BCUT2D eigenvalue weighted by Crippen LogP contribution is 2.39. The maximum atomic E-state index is 12.6. The minimum Gasteiger partial charge on any atom is -0.507 e. The van der Waals surface area contributed by atoms with Crippen LogP contribution >= 0.6 is 0 Å². The van der Waals surface area contributed by atoms with Crippen LogP contribution < -0.4 is 11.1 Å². The summed E-state index contributed by atoms with van der Waals surface area (Å²) >= 11 is 0. The summed E-state index contributed by atoms with van der Waals surface area (Å²) in [5.41, 5.74) is 7.87. The Morgan fingerprint density at radius 3 is 1.82 bits per heavy atom. The molecule has 4 N–H and O–H groups in total. The van der Waals surface area contributed by atoms with E-state index in [0.29, 0.717) is 5.75 Å². The third kappa shape index (κ3) is 4.71. The molecule has 0 unspecified atom stereocenters. The summed E-state index contributed by atoms with van der Waals surface area (Å²) in [5.74, 6) is -0.702. The van der Waals surface area contributed by atoms with Gasteiger partial charge in [0.2, 0.25) is 5.91 Å². The van der Waals surface area contributed by atoms with Crippen LogP contribution in [-0.2, 0) is 17.4 Å². The molecule has 0 fully saturated rings. The molecule has 2 rings (SSSR count). The van der Waals surface area contributed by atoms with Gasteiger partial charge >= 0.3 is 0 Å². The molecule has 0 atom stereocenters. The number of rotatable bonds is 4. The number of phenolic OH excluding ortho intramolecular Hbond substituents is 1. The largest absolute Gasteiger partial charge is 0.507 e. The fourth-order valence-electron chi connectivity index (χ4n) is 3.11. The first-order valence-electron chi connectivity index (χ1n) is 9.36. The Morgan fingerprint density at radius 2 is 1.39 bits per heavy atom. The summed E-state index contributed by atoms with van der Waals surface area (Å²) < 4.78 is 0. The molecule has 5 nitrogen and oxygen atoms in total. The third-order valence-electron chi connectivity index (χ3n) is 4.68. The van der Waals surface area contributed by atoms with E-state index in [1.165, 1.54) is 6.07 Å². The second-order valence-electron chi connectivity index (χ2n) is 9.13. The Kier molecular flexibility index (Phi) is 5.88. The van der Waals surface area contributed by atoms with Crippen molar-refractivity contribution >= 4 is 11.8 Å². The number of benzene rings is 2. The minimum atomic E-state index is -0.638. The molecule has 0 saturated heterocycles. The topological polar surface area (TPSA) is 92.4 Å². The van der Waals surface area contributed by atoms with Crippen molar-refractivity contribution in [1.82, 2.24) is 5.32 Å². The van der Waals surface area contributed by atoms with E-state index in [1.807, 2.05) is 53.7 Å². The first-order valence-corrected chi connectivity index (χ1v) is 9.36. The fourth-order valence-corrected chi connectivity index (χ4v) is 3.11. The molecule has 0 spiro atoms. The molecule has 2 aromatic carbocycles. The van der Waals surface area contributed by atoms with Crippen molar-refractivity contribution in [3.8, 4) is 5.75 Å². The fraction of sp³-hybridized carbons (Fsp3) is 0.391. The molecule has 0 saturated carbocycles. The minimum absolute atomic E-state index is 0.191. The zero-order valence-corrected chi connectivity index (χ0v) is 17.5. The second kappa shape index (κ2) is 7.66. The highest BCUT2D eigenvalue weighted by Gasteiger charge is 2.26. The van der Waals surface area contributed by atoms with Crippen molar-refractivity contribution in [2.75, 3.05) is 0 Å². The molecular weight excluding hydrogens is 352 g/mol. The van der Waals surface area contributed by atoms with Crippen LogP contribution in [0.4, 0.5) is 0 Å². The lowest BCUT2D eigenvalue weighted by Crippen LogP contribution is -2.27. The van der Waals surface area contributed by atoms with Gasteiger partial charge in [-0.2, -0.15) is 0 Å². The number of primary amides is 1. The van der Waals surface area contributed by atoms with Crippen LogP contribution in [0, 0.1) is 0 Å². The predicted molar refractivity (Wildman–Crippen MR) is 112 cm³/mol. The quantitative estimate of drug-likeness (QED) is 0.746. The first kappa shape index (κ1) is 21.5. The standard InChI is InChI=1S/C23H30N2O3/c1-22(2,3)17-11-14(12-18(19(17)26)23(4,5)6)13-25-21(28)16-10-8-7-9-15(16)20(24)27/h7-12,26H,13H2,1-6H3,(H2,24,27)(H,25,28). The van der Waals surface area contributed by atoms with Crippen molar-refractivity contribution in [3.63, 3.8) is 0 Å². The lowest BCUT2D eigenvalue weighted by molar-refractivity contribution is 0.0934. The number of carbonyl (C=O) groups is 2. The highest BCUT2D eigenvalue weighted by molar-refractivity contribution is 6.06. The van der Waals surface area contributed by atoms with Crippen LogP contribution in [0.2, 0.25) is 0 Å². The van der Waals surface area contributed by atoms with Crippen LogP contribution in [0.25, 0.3) is 0 Å². The van der Waals surface area contributed by atoms with E-state index in [-0.39, 0.29) is 34.4 Å². The summed E-state index contributed by atoms with van der Waals surface area (Å²) in [6.45, 7) is 12.5. The van der Waals surface area contributed by atoms with Gasteiger partial charge in [0.25, 0.3) is 5.91 Å². The summed E-state index contributed by atoms with van der Waals surface area (Å²) in [7, 11) is 0. The lowest BCUT2D eigenvalue weighted by atomic mass is 9.78. The van der Waals surface area contributed by atoms with E-state index in [9.17, 15) is 14.7 Å². The van der Waals surface area contributed by atoms with Gasteiger partial charge in [0.05, 0.1) is 11.1 Å². The van der Waals surface area contributed by atoms with Crippen molar-refractivity contribution in [1.29, 1.82) is 0 Å². The summed E-state index contributed by atoms with van der Waals surface area (Å²) in [4.78, 5) is 24.2. The molecule has 0 aromatic heterocycles. The van der Waals surface area contributed by atoms with E-state index in [1.54, 1.807) is 18.2 Å². The molecule has 0 aliphatic rings. The normalized spacial score (nSPS) is 11.9. The molecule has 2 aromatic rings. The van der Waals surface area contributed by atoms with Crippen molar-refractivity contribution < 1.29 is 14.7 Å². The molecule has 0 aliphatic heterocycles. The Labute approximate surface area is 167 Å². The molecule has 0 radical (unpaired) electrons. The van der Waals surface area contributed by atoms with Crippen LogP contribution in [0.5, 0.6) is 5.75 Å². The summed E-state index contributed by atoms with van der Waals surface area (Å²) in [6.07, 6.45) is 0. The number of phenols is 1. The number of nitrogens with two attached hydrogens (primary N) is 1. The van der Waals surface area contributed by atoms with Gasteiger partial charge in [0.1, 0.15) is 5.75 Å². The van der Waals surface area contributed by atoms with Gasteiger partial charge in [-0.25, -0.2) is 0 Å². The second-order valence-corrected chi connectivity index (χ2v) is 9.13. The van der Waals surface area contributed by atoms with Gasteiger partial charge in [0, 0.05) is 6.54 Å². The van der Waals surface area contributed by atoms with E-state index >= 15 is 0 Å². The van der Waals surface area contributed by atoms with Gasteiger partial charge in [0.15, 0.2) is 0 Å². The molecule has 0 bridgehead atoms. The number of carbonyl (C=O) groups excluding carboxylic acids is 2. The van der Waals surface area contributed by atoms with Gasteiger partial charge in [-0.3, -0.25) is 9.59 Å². The third-order valence-corrected chi connectivity index (χ3v) is 4.68. The smallest absolute Gasteiger partial charge is 0.252 e. The number of hydrogen-bond acceptors (Lipinski definition) is 3. The lowest BCUT2D eigenvalue weighted by Gasteiger charge is -2.28. The Bertz CT molecular complexity index is 868. The molecular formula is C23H30N2O3. The first-order chi connectivity index (χ1) is 12.8. The molecule has 28 heavy (non-hydrogen) atoms. The van der Waals surface area contributed by atoms with Crippen LogP contribution in [0.3, 0.4) is 0 Å². The molecule has 150 valence electrons. The maximum absolute atomic E-state index is 12.6. The van der Waals surface area contributed by atoms with Crippen LogP contribution in [-0.4, -0.2) is 16.9 Å². The highest BCUT2D eigenvalue weighted by atomic mass is 16.3. The summed E-state index contributed by atoms with van der Waals surface area (Å²) in [5, 5.41) is 13.7. The Balaban J connectivity index is 2.37. The van der Waals surface area contributed by atoms with Crippen molar-refractivity contribution in [2.45, 2.75) is 58.9 Å². The maximum Gasteiger partial charge on any atom is 0.252 e. The number of nitrogens with one attached hydrogen (secondary N) is 1. The van der Waals surface area contributed by atoms with Crippen LogP contribution in [0.15, 0.2) is 36.4 Å². The Hall–Kier alpha value is -2.82. The molecule has 0 aliphatic carbocycles. The van der Waals surface area contributed by atoms with E-state index < -0.39 is 5.91 Å². The zero-order chi connectivity index (χ0) is 21.3. The van der Waals surface area contributed by atoms with Crippen molar-refractivity contribution in [3.05, 3.63) is 64.2 Å². The number of hydrogen-bond donors (Lipinski definition) is 3. The van der Waals surface area contributed by atoms with Gasteiger partial charge < -0.3 is 16.2 Å². The molecule has 5 heteroatoms. The Morgan fingerprint density at radius 1 is 0.929 bits per heavy atom. The monoisotopic (exact) mass is 382 g/mol. The van der Waals surface area contributed by atoms with Gasteiger partial charge in [-0.15, -0.1) is 0 Å². The zero-order valence-electron chi connectivity index (χ0n) is 17.5. The average Bonchev–Trinajstić information content (AvgIpc) is 2.58. The van der Waals surface area contributed by atoms with Gasteiger partial charge in [-0.1, -0.05) is 53.7 Å².